The second-order valence-electron chi connectivity index (χ2n) is 1.92. The van der Waals surface area contributed by atoms with Gasteiger partial charge in [0.2, 0.25) is 0 Å². The molecule has 0 saturated heterocycles. The van der Waals surface area contributed by atoms with Crippen LogP contribution in [-0.4, -0.2) is 18.9 Å². The van der Waals surface area contributed by atoms with E-state index in [4.69, 9.17) is 58.0 Å². The maximum absolute atomic E-state index is 5.72. The van der Waals surface area contributed by atoms with Crippen molar-refractivity contribution >= 4 is 89.5 Å². The van der Waals surface area contributed by atoms with Crippen LogP contribution in [0.1, 0.15) is 0 Å². The molecule has 0 amide bonds. The van der Waals surface area contributed by atoms with Gasteiger partial charge in [-0.2, -0.15) is 0 Å². The summed E-state index contributed by atoms with van der Waals surface area (Å²) in [5.41, 5.74) is 0. The van der Waals surface area contributed by atoms with Crippen molar-refractivity contribution in [1.82, 2.24) is 0 Å². The Morgan fingerprint density at radius 3 is 1.15 bits per heavy atom. The Hall–Kier alpha value is 1.62. The summed E-state index contributed by atoms with van der Waals surface area (Å²) in [4.78, 5) is 0.331. The summed E-state index contributed by atoms with van der Waals surface area (Å²) in [7, 11) is 0. The Kier molecular flexibility index (Phi) is 6.33. The van der Waals surface area contributed by atoms with Gasteiger partial charge in [-0.3, -0.25) is 0 Å². The van der Waals surface area contributed by atoms with Gasteiger partial charge in [-0.1, -0.05) is 58.0 Å². The molecule has 0 spiro atoms. The summed E-state index contributed by atoms with van der Waals surface area (Å²) in [6.45, 7) is 0. The molecule has 0 aromatic heterocycles. The van der Waals surface area contributed by atoms with Crippen molar-refractivity contribution in [1.29, 1.82) is 0 Å². The molecule has 1 aromatic rings. The Morgan fingerprint density at radius 2 is 0.846 bits per heavy atom. The van der Waals surface area contributed by atoms with E-state index in [0.717, 1.165) is 0 Å². The van der Waals surface area contributed by atoms with Crippen molar-refractivity contribution in [3.8, 4) is 0 Å². The summed E-state index contributed by atoms with van der Waals surface area (Å²) in [6, 6.07) is 0. The zero-order valence-corrected chi connectivity index (χ0v) is 10.0. The number of halogens is 5. The topological polar surface area (TPSA) is 0 Å². The number of thiol groups is 1. The normalized spacial score (nSPS) is 9.69. The van der Waals surface area contributed by atoms with Crippen LogP contribution in [0, 0.1) is 0 Å². The van der Waals surface area contributed by atoms with Gasteiger partial charge in [0, 0.05) is 4.90 Å². The summed E-state index contributed by atoms with van der Waals surface area (Å²) in [5.74, 6) is 0. The minimum atomic E-state index is 0. The molecule has 0 bridgehead atoms. The third-order valence-electron chi connectivity index (χ3n) is 1.19. The molecule has 0 saturated carbocycles. The van der Waals surface area contributed by atoms with Crippen molar-refractivity contribution in [2.45, 2.75) is 4.90 Å². The van der Waals surface area contributed by atoms with Gasteiger partial charge in [-0.05, 0) is 0 Å². The first-order chi connectivity index (χ1) is 5.46. The average molecular weight is 290 g/mol. The maximum atomic E-state index is 5.72. The molecule has 0 atom stereocenters. The van der Waals surface area contributed by atoms with Crippen LogP contribution in [0.5, 0.6) is 0 Å². The molecule has 0 unspecified atom stereocenters. The van der Waals surface area contributed by atoms with Gasteiger partial charge in [-0.25, -0.2) is 0 Å². The molecule has 1 rings (SSSR count). The van der Waals surface area contributed by atoms with Crippen LogP contribution < -0.4 is 0 Å². The van der Waals surface area contributed by atoms with Crippen molar-refractivity contribution in [3.05, 3.63) is 25.1 Å². The van der Waals surface area contributed by atoms with Crippen LogP contribution in [0.25, 0.3) is 0 Å². The zero-order chi connectivity index (χ0) is 9.46. The predicted octanol–water partition coefficient (Wildman–Crippen LogP) is 4.59. The van der Waals surface area contributed by atoms with Crippen molar-refractivity contribution < 1.29 is 0 Å². The Balaban J connectivity index is 0.00000144. The van der Waals surface area contributed by atoms with Gasteiger partial charge < -0.3 is 0 Å². The van der Waals surface area contributed by atoms with E-state index in [0.29, 0.717) is 4.90 Å². The Morgan fingerprint density at radius 1 is 0.615 bits per heavy atom. The van der Waals surface area contributed by atoms with Crippen LogP contribution in [0.2, 0.25) is 25.1 Å². The van der Waals surface area contributed by atoms with E-state index in [9.17, 15) is 0 Å². The molecule has 0 aliphatic rings. The van der Waals surface area contributed by atoms with Crippen LogP contribution in [-0.2, 0) is 0 Å². The van der Waals surface area contributed by atoms with Gasteiger partial charge in [0.15, 0.2) is 0 Å². The monoisotopic (exact) mass is 288 g/mol. The zero-order valence-electron chi connectivity index (χ0n) is 5.34. The van der Waals surface area contributed by atoms with Crippen molar-refractivity contribution in [3.63, 3.8) is 0 Å². The Bertz CT molecular complexity index is 235. The number of benzene rings is 1. The molecule has 0 nitrogen and oxygen atoms in total. The first-order valence-electron chi connectivity index (χ1n) is 2.67. The van der Waals surface area contributed by atoms with Crippen molar-refractivity contribution in [2.75, 3.05) is 0 Å². The average Bonchev–Trinajstić information content (AvgIpc) is 2.08. The van der Waals surface area contributed by atoms with Crippen LogP contribution in [0.4, 0.5) is 0 Å². The molecule has 13 heavy (non-hydrogen) atoms. The van der Waals surface area contributed by atoms with E-state index in [1.54, 1.807) is 0 Å². The molecular formula is C6H2Cl5LiS. The summed E-state index contributed by atoms with van der Waals surface area (Å²) < 4.78 is 0. The molecule has 0 aliphatic carbocycles. The summed E-state index contributed by atoms with van der Waals surface area (Å²) in [5, 5.41) is 0.889. The van der Waals surface area contributed by atoms with Crippen LogP contribution in [0.3, 0.4) is 0 Å². The SMILES string of the molecule is Sc1c(Cl)c(Cl)c(Cl)c(Cl)c1Cl.[LiH]. The van der Waals surface area contributed by atoms with Crippen LogP contribution >= 0.6 is 70.6 Å². The van der Waals surface area contributed by atoms with Gasteiger partial charge in [-0.15, -0.1) is 12.6 Å². The molecule has 0 aliphatic heterocycles. The fourth-order valence-electron chi connectivity index (χ4n) is 0.593. The molecular weight excluding hydrogens is 288 g/mol. The third kappa shape index (κ3) is 2.80. The van der Waals surface area contributed by atoms with E-state index < -0.39 is 0 Å². The quantitative estimate of drug-likeness (QED) is 0.307. The van der Waals surface area contributed by atoms with Crippen LogP contribution in [0.15, 0.2) is 4.90 Å². The van der Waals surface area contributed by atoms with Gasteiger partial charge in [0.1, 0.15) is 0 Å². The number of rotatable bonds is 0. The Labute approximate surface area is 118 Å². The standard InChI is InChI=1S/C6HCl5S.Li.H/c7-1-2(8)4(10)6(12)5(11)3(1)9;;/h12H;;. The first-order valence-corrected chi connectivity index (χ1v) is 5.01. The number of hydrogen-bond acceptors (Lipinski definition) is 1. The fourth-order valence-corrected chi connectivity index (χ4v) is 2.09. The molecule has 0 N–H and O–H groups in total. The van der Waals surface area contributed by atoms with E-state index in [1.807, 2.05) is 0 Å². The van der Waals surface area contributed by atoms with E-state index in [1.165, 1.54) is 0 Å². The second-order valence-corrected chi connectivity index (χ2v) is 4.26. The fraction of sp³-hybridized carbons (Fsp3) is 0. The van der Waals surface area contributed by atoms with E-state index in [2.05, 4.69) is 12.6 Å². The van der Waals surface area contributed by atoms with Crippen molar-refractivity contribution in [2.24, 2.45) is 0 Å². The van der Waals surface area contributed by atoms with Gasteiger partial charge in [0.05, 0.1) is 25.1 Å². The van der Waals surface area contributed by atoms with Gasteiger partial charge >= 0.3 is 18.9 Å². The predicted molar refractivity (Wildman–Crippen MR) is 65.9 cm³/mol. The summed E-state index contributed by atoms with van der Waals surface area (Å²) in [6.07, 6.45) is 0. The van der Waals surface area contributed by atoms with E-state index in [-0.39, 0.29) is 44.0 Å². The number of hydrogen-bond donors (Lipinski definition) is 1. The van der Waals surface area contributed by atoms with E-state index >= 15 is 0 Å². The molecule has 1 aromatic carbocycles. The third-order valence-corrected chi connectivity index (χ3v) is 4.17. The minimum absolute atomic E-state index is 0. The molecule has 0 fully saturated rings. The first kappa shape index (κ1) is 14.6. The molecule has 0 radical (unpaired) electrons. The summed E-state index contributed by atoms with van der Waals surface area (Å²) >= 11 is 32.6. The van der Waals surface area contributed by atoms with Gasteiger partial charge in [0.25, 0.3) is 0 Å². The molecule has 7 heteroatoms. The second kappa shape index (κ2) is 5.63. The molecule has 0 heterocycles. The molecule has 68 valence electrons.